The van der Waals surface area contributed by atoms with Gasteiger partial charge >= 0.3 is 0 Å². The van der Waals surface area contributed by atoms with Gasteiger partial charge in [0.05, 0.1) is 5.69 Å². The van der Waals surface area contributed by atoms with Crippen LogP contribution in [0.4, 0.5) is 10.1 Å². The predicted octanol–water partition coefficient (Wildman–Crippen LogP) is 4.24. The monoisotopic (exact) mass is 422 g/mol. The van der Waals surface area contributed by atoms with Crippen LogP contribution >= 0.6 is 12.4 Å². The molecule has 0 spiro atoms. The molecular weight excluding hydrogens is 391 g/mol. The van der Waals surface area contributed by atoms with E-state index in [1.807, 2.05) is 25.1 Å². The van der Waals surface area contributed by atoms with E-state index in [1.54, 1.807) is 6.07 Å². The third-order valence-corrected chi connectivity index (χ3v) is 5.26. The van der Waals surface area contributed by atoms with E-state index in [-0.39, 0.29) is 24.8 Å². The highest BCUT2D eigenvalue weighted by molar-refractivity contribution is 5.85. The molecule has 2 aromatic carbocycles. The maximum atomic E-state index is 13.9. The number of aryl methyl sites for hydroxylation is 1. The molecule has 1 fully saturated rings. The molecular formula is C23H32ClFN2O2. The topological polar surface area (TPSA) is 35.9 Å². The molecule has 4 nitrogen and oxygen atoms in total. The summed E-state index contributed by atoms with van der Waals surface area (Å²) < 4.78 is 19.9. The second-order valence-electron chi connectivity index (χ2n) is 7.90. The Balaban J connectivity index is 0.00000300. The molecule has 0 bridgehead atoms. The van der Waals surface area contributed by atoms with Gasteiger partial charge in [-0.3, -0.25) is 4.90 Å². The lowest BCUT2D eigenvalue weighted by molar-refractivity contribution is 0.0658. The van der Waals surface area contributed by atoms with Gasteiger partial charge in [0.2, 0.25) is 0 Å². The minimum atomic E-state index is -0.555. The van der Waals surface area contributed by atoms with E-state index in [2.05, 4.69) is 35.8 Å². The van der Waals surface area contributed by atoms with Crippen LogP contribution in [0.15, 0.2) is 42.5 Å². The Kier molecular flexibility index (Phi) is 8.75. The highest BCUT2D eigenvalue weighted by Gasteiger charge is 2.21. The summed E-state index contributed by atoms with van der Waals surface area (Å²) in [5, 5.41) is 10.4. The van der Waals surface area contributed by atoms with Gasteiger partial charge in [-0.2, -0.15) is 0 Å². The molecule has 1 unspecified atom stereocenters. The van der Waals surface area contributed by atoms with E-state index in [0.29, 0.717) is 18.2 Å². The van der Waals surface area contributed by atoms with Gasteiger partial charge in [0.15, 0.2) is 0 Å². The molecule has 1 aliphatic heterocycles. The number of anilines is 1. The fourth-order valence-electron chi connectivity index (χ4n) is 3.66. The Hall–Kier alpha value is -1.82. The van der Waals surface area contributed by atoms with Crippen LogP contribution < -0.4 is 9.64 Å². The molecule has 0 radical (unpaired) electrons. The fraction of sp³-hybridized carbons (Fsp3) is 0.478. The van der Waals surface area contributed by atoms with Crippen molar-refractivity contribution in [1.29, 1.82) is 0 Å². The number of nitrogens with zero attached hydrogens (tertiary/aromatic N) is 2. The van der Waals surface area contributed by atoms with Crippen LogP contribution in [0, 0.1) is 12.7 Å². The van der Waals surface area contributed by atoms with Gasteiger partial charge in [0.1, 0.15) is 24.3 Å². The average molecular weight is 423 g/mol. The van der Waals surface area contributed by atoms with E-state index in [4.69, 9.17) is 4.74 Å². The maximum absolute atomic E-state index is 13.9. The van der Waals surface area contributed by atoms with Crippen LogP contribution in [0.2, 0.25) is 0 Å². The molecule has 1 N–H and O–H groups in total. The number of hydrogen-bond donors (Lipinski definition) is 1. The van der Waals surface area contributed by atoms with Crippen molar-refractivity contribution in [3.63, 3.8) is 0 Å². The minimum Gasteiger partial charge on any atom is -0.491 e. The van der Waals surface area contributed by atoms with Crippen molar-refractivity contribution >= 4 is 18.1 Å². The van der Waals surface area contributed by atoms with E-state index in [1.165, 1.54) is 6.07 Å². The second kappa shape index (κ2) is 10.8. The molecule has 160 valence electrons. The summed E-state index contributed by atoms with van der Waals surface area (Å²) in [5.41, 5.74) is 2.97. The molecule has 1 atom stereocenters. The van der Waals surface area contributed by atoms with Crippen LogP contribution in [0.25, 0.3) is 0 Å². The smallest absolute Gasteiger partial charge is 0.146 e. The molecule has 0 aliphatic carbocycles. The lowest BCUT2D eigenvalue weighted by Gasteiger charge is -2.37. The number of β-amino-alcohol motifs (C(OH)–C–C–N with tert-alkyl or cyclic N) is 1. The molecule has 0 amide bonds. The van der Waals surface area contributed by atoms with E-state index in [0.717, 1.165) is 43.1 Å². The Bertz CT molecular complexity index is 779. The molecule has 6 heteroatoms. The number of ether oxygens (including phenoxy) is 1. The first-order valence-corrected chi connectivity index (χ1v) is 10.1. The van der Waals surface area contributed by atoms with Gasteiger partial charge < -0.3 is 14.7 Å². The van der Waals surface area contributed by atoms with Crippen molar-refractivity contribution in [1.82, 2.24) is 4.90 Å². The predicted molar refractivity (Wildman–Crippen MR) is 119 cm³/mol. The summed E-state index contributed by atoms with van der Waals surface area (Å²) in [5.74, 6) is 1.06. The van der Waals surface area contributed by atoms with Crippen molar-refractivity contribution in [2.45, 2.75) is 32.8 Å². The van der Waals surface area contributed by atoms with Crippen LogP contribution in [-0.4, -0.2) is 55.4 Å². The van der Waals surface area contributed by atoms with Crippen molar-refractivity contribution in [3.05, 3.63) is 59.4 Å². The van der Waals surface area contributed by atoms with Gasteiger partial charge in [0.25, 0.3) is 0 Å². The number of halogens is 2. The average Bonchev–Trinajstić information content (AvgIpc) is 2.67. The Morgan fingerprint density at radius 3 is 2.41 bits per heavy atom. The third-order valence-electron chi connectivity index (χ3n) is 5.26. The first-order valence-electron chi connectivity index (χ1n) is 10.1. The van der Waals surface area contributed by atoms with Crippen LogP contribution in [-0.2, 0) is 0 Å². The zero-order valence-corrected chi connectivity index (χ0v) is 18.3. The van der Waals surface area contributed by atoms with E-state index in [9.17, 15) is 9.50 Å². The minimum absolute atomic E-state index is 0. The zero-order valence-electron chi connectivity index (χ0n) is 17.5. The SMILES string of the molecule is Cc1ccc(C(C)C)c(OCC(O)CN2CCN(c3ccccc3F)CC2)c1.Cl. The normalized spacial score (nSPS) is 15.9. The molecule has 3 rings (SSSR count). The molecule has 0 aromatic heterocycles. The lowest BCUT2D eigenvalue weighted by atomic mass is 10.0. The van der Waals surface area contributed by atoms with E-state index < -0.39 is 6.10 Å². The third kappa shape index (κ3) is 6.33. The van der Waals surface area contributed by atoms with Crippen molar-refractivity contribution in [3.8, 4) is 5.75 Å². The number of piperazine rings is 1. The summed E-state index contributed by atoms with van der Waals surface area (Å²) in [4.78, 5) is 4.28. The number of aliphatic hydroxyl groups excluding tert-OH is 1. The number of para-hydroxylation sites is 1. The number of aliphatic hydroxyl groups is 1. The lowest BCUT2D eigenvalue weighted by Crippen LogP contribution is -2.49. The van der Waals surface area contributed by atoms with Crippen LogP contribution in [0.5, 0.6) is 5.75 Å². The summed E-state index contributed by atoms with van der Waals surface area (Å²) in [6.45, 7) is 10.3. The molecule has 0 saturated carbocycles. The summed E-state index contributed by atoms with van der Waals surface area (Å²) in [6.07, 6.45) is -0.555. The first-order chi connectivity index (χ1) is 13.4. The molecule has 2 aromatic rings. The van der Waals surface area contributed by atoms with Gasteiger partial charge in [-0.25, -0.2) is 4.39 Å². The van der Waals surface area contributed by atoms with Gasteiger partial charge in [-0.05, 0) is 42.2 Å². The van der Waals surface area contributed by atoms with Crippen LogP contribution in [0.1, 0.15) is 30.9 Å². The highest BCUT2D eigenvalue weighted by atomic mass is 35.5. The number of hydrogen-bond acceptors (Lipinski definition) is 4. The van der Waals surface area contributed by atoms with Gasteiger partial charge in [0, 0.05) is 32.7 Å². The van der Waals surface area contributed by atoms with E-state index >= 15 is 0 Å². The molecule has 1 saturated heterocycles. The second-order valence-corrected chi connectivity index (χ2v) is 7.90. The Labute approximate surface area is 179 Å². The van der Waals surface area contributed by atoms with Crippen molar-refractivity contribution in [2.24, 2.45) is 0 Å². The summed E-state index contributed by atoms with van der Waals surface area (Å²) >= 11 is 0. The largest absolute Gasteiger partial charge is 0.491 e. The number of benzene rings is 2. The Morgan fingerprint density at radius 1 is 1.07 bits per heavy atom. The van der Waals surface area contributed by atoms with Gasteiger partial charge in [-0.1, -0.05) is 38.1 Å². The van der Waals surface area contributed by atoms with Gasteiger partial charge in [-0.15, -0.1) is 12.4 Å². The van der Waals surface area contributed by atoms with Crippen LogP contribution in [0.3, 0.4) is 0 Å². The maximum Gasteiger partial charge on any atom is 0.146 e. The zero-order chi connectivity index (χ0) is 20.1. The fourth-order valence-corrected chi connectivity index (χ4v) is 3.66. The first kappa shape index (κ1) is 23.5. The summed E-state index contributed by atoms with van der Waals surface area (Å²) in [6, 6.07) is 13.1. The molecule has 1 aliphatic rings. The highest BCUT2D eigenvalue weighted by Crippen LogP contribution is 2.27. The molecule has 29 heavy (non-hydrogen) atoms. The summed E-state index contributed by atoms with van der Waals surface area (Å²) in [7, 11) is 0. The quantitative estimate of drug-likeness (QED) is 0.723. The Morgan fingerprint density at radius 2 is 1.76 bits per heavy atom. The van der Waals surface area contributed by atoms with Crippen molar-refractivity contribution in [2.75, 3.05) is 44.2 Å². The molecule has 1 heterocycles. The standard InChI is InChI=1S/C23H31FN2O2.ClH/c1-17(2)20-9-8-18(3)14-23(20)28-16-19(27)15-25-10-12-26(13-11-25)22-7-5-4-6-21(22)24;/h4-9,14,17,19,27H,10-13,15-16H2,1-3H3;1H. The van der Waals surface area contributed by atoms with Crippen molar-refractivity contribution < 1.29 is 14.2 Å². The number of rotatable bonds is 7.